The van der Waals surface area contributed by atoms with Crippen molar-refractivity contribution in [1.82, 2.24) is 10.6 Å². The molecule has 4 aromatic rings. The van der Waals surface area contributed by atoms with Crippen LogP contribution in [0.5, 0.6) is 34.5 Å². The number of ether oxygens (including phenoxy) is 9. The smallest absolute Gasteiger partial charge is 0.287 e. The maximum atomic E-state index is 13.8. The van der Waals surface area contributed by atoms with E-state index < -0.39 is 5.91 Å². The molecular formula is C48H56N2O11. The molecule has 4 aromatic carbocycles. The molecule has 2 amide bonds. The molecule has 2 N–H and O–H groups in total. The van der Waals surface area contributed by atoms with E-state index in [-0.39, 0.29) is 31.0 Å². The van der Waals surface area contributed by atoms with E-state index >= 15 is 0 Å². The Kier molecular flexibility index (Phi) is 17.3. The molecule has 0 aromatic heterocycles. The zero-order valence-electron chi connectivity index (χ0n) is 35.2. The van der Waals surface area contributed by atoms with Crippen LogP contribution in [0.15, 0.2) is 96.8 Å². The van der Waals surface area contributed by atoms with Crippen molar-refractivity contribution in [1.29, 1.82) is 0 Å². The number of carbonyl (C=O) groups is 2. The molecule has 324 valence electrons. The summed E-state index contributed by atoms with van der Waals surface area (Å²) in [5.41, 5.74) is 3.44. The molecule has 6 rings (SSSR count). The third-order valence-corrected chi connectivity index (χ3v) is 9.95. The van der Waals surface area contributed by atoms with Crippen molar-refractivity contribution in [3.63, 3.8) is 0 Å². The number of benzene rings is 4. The Bertz CT molecular complexity index is 2060. The highest BCUT2D eigenvalue weighted by Crippen LogP contribution is 2.33. The second-order valence-corrected chi connectivity index (χ2v) is 14.5. The fraction of sp³-hybridized carbons (Fsp3) is 0.375. The number of hydrogen-bond acceptors (Lipinski definition) is 11. The Morgan fingerprint density at radius 2 is 1.21 bits per heavy atom. The topological polar surface area (TPSA) is 141 Å². The molecule has 0 saturated carbocycles. The van der Waals surface area contributed by atoms with Gasteiger partial charge in [0.25, 0.3) is 5.91 Å². The highest BCUT2D eigenvalue weighted by atomic mass is 16.7. The van der Waals surface area contributed by atoms with Gasteiger partial charge >= 0.3 is 0 Å². The number of carbonyl (C=O) groups excluding carboxylic acids is 2. The van der Waals surface area contributed by atoms with E-state index in [4.69, 9.17) is 42.6 Å². The Labute approximate surface area is 357 Å². The van der Waals surface area contributed by atoms with Gasteiger partial charge in [0.2, 0.25) is 5.91 Å². The highest BCUT2D eigenvalue weighted by Gasteiger charge is 2.19. The predicted molar refractivity (Wildman–Crippen MR) is 231 cm³/mol. The standard InChI is InChI=1S/C48H56N2O11/c1-53-33-58-40-21-15-37(31-42(40)54-2)32-44(48(52)50-27-25-35-12-19-39(20-13-35)60-47-9-5-7-29-57-47)61-41-22-14-36(30-43(41)55-3)16-23-45(51)49-26-24-34-10-17-38(18-11-34)59-46-8-4-6-28-56-46/h10-23,30-32,46-47H,4-9,24-29,33H2,1-3H3,(H,49,51)(H,50,52)/b23-16+,44-32?. The van der Waals surface area contributed by atoms with Gasteiger partial charge in [-0.05, 0) is 121 Å². The zero-order valence-corrected chi connectivity index (χ0v) is 35.2. The van der Waals surface area contributed by atoms with Crippen molar-refractivity contribution < 1.29 is 52.2 Å². The van der Waals surface area contributed by atoms with E-state index in [0.29, 0.717) is 66.7 Å². The van der Waals surface area contributed by atoms with Gasteiger partial charge in [-0.1, -0.05) is 36.4 Å². The first-order valence-corrected chi connectivity index (χ1v) is 20.7. The summed E-state index contributed by atoms with van der Waals surface area (Å²) in [5.74, 6) is 2.48. The zero-order chi connectivity index (χ0) is 42.7. The molecule has 0 aliphatic carbocycles. The van der Waals surface area contributed by atoms with Gasteiger partial charge in [-0.2, -0.15) is 0 Å². The lowest BCUT2D eigenvalue weighted by atomic mass is 10.1. The molecule has 2 aliphatic rings. The SMILES string of the molecule is COCOc1ccc(C=C(Oc2ccc(/C=C/C(=O)NCCc3ccc(OC4CCCCO4)cc3)cc2OC)C(=O)NCCc2ccc(OC3CCCCO3)cc2)cc1OC. The largest absolute Gasteiger partial charge is 0.493 e. The van der Waals surface area contributed by atoms with Crippen LogP contribution in [0.25, 0.3) is 12.2 Å². The van der Waals surface area contributed by atoms with Crippen LogP contribution < -0.4 is 39.1 Å². The lowest BCUT2D eigenvalue weighted by Crippen LogP contribution is -2.29. The average Bonchev–Trinajstić information content (AvgIpc) is 3.29. The third-order valence-electron chi connectivity index (χ3n) is 9.95. The van der Waals surface area contributed by atoms with Gasteiger partial charge in [-0.15, -0.1) is 0 Å². The van der Waals surface area contributed by atoms with Crippen molar-refractivity contribution >= 4 is 24.0 Å². The van der Waals surface area contributed by atoms with Crippen molar-refractivity contribution in [2.75, 3.05) is 54.4 Å². The molecule has 0 radical (unpaired) electrons. The summed E-state index contributed by atoms with van der Waals surface area (Å²) in [7, 11) is 4.57. The van der Waals surface area contributed by atoms with Gasteiger partial charge in [0.15, 0.2) is 48.1 Å². The Balaban J connectivity index is 1.07. The number of nitrogens with one attached hydrogen (secondary N) is 2. The maximum Gasteiger partial charge on any atom is 0.287 e. The molecular weight excluding hydrogens is 781 g/mol. The first-order valence-electron chi connectivity index (χ1n) is 20.7. The van der Waals surface area contributed by atoms with Crippen molar-refractivity contribution in [2.45, 2.75) is 63.9 Å². The van der Waals surface area contributed by atoms with Gasteiger partial charge in [-0.25, -0.2) is 0 Å². The normalized spacial score (nSPS) is 16.7. The third kappa shape index (κ3) is 14.3. The molecule has 13 heteroatoms. The molecule has 2 aliphatic heterocycles. The molecule has 13 nitrogen and oxygen atoms in total. The van der Waals surface area contributed by atoms with Crippen LogP contribution in [-0.4, -0.2) is 78.8 Å². The summed E-state index contributed by atoms with van der Waals surface area (Å²) in [5, 5.41) is 5.91. The van der Waals surface area contributed by atoms with Crippen LogP contribution in [0.3, 0.4) is 0 Å². The Morgan fingerprint density at radius 3 is 1.79 bits per heavy atom. The van der Waals surface area contributed by atoms with Crippen LogP contribution in [0.2, 0.25) is 0 Å². The molecule has 2 unspecified atom stereocenters. The summed E-state index contributed by atoms with van der Waals surface area (Å²) in [6.45, 7) is 2.31. The number of hydrogen-bond donors (Lipinski definition) is 2. The lowest BCUT2D eigenvalue weighted by Gasteiger charge is -2.23. The second-order valence-electron chi connectivity index (χ2n) is 14.5. The van der Waals surface area contributed by atoms with Gasteiger partial charge in [0.05, 0.1) is 27.4 Å². The molecule has 2 heterocycles. The van der Waals surface area contributed by atoms with Crippen LogP contribution in [0, 0.1) is 0 Å². The predicted octanol–water partition coefficient (Wildman–Crippen LogP) is 7.65. The molecule has 0 bridgehead atoms. The van der Waals surface area contributed by atoms with Crippen LogP contribution in [-0.2, 0) is 36.6 Å². The van der Waals surface area contributed by atoms with Crippen molar-refractivity contribution in [3.8, 4) is 34.5 Å². The monoisotopic (exact) mass is 836 g/mol. The van der Waals surface area contributed by atoms with Gasteiger partial charge < -0.3 is 53.3 Å². The fourth-order valence-electron chi connectivity index (χ4n) is 6.65. The summed E-state index contributed by atoms with van der Waals surface area (Å²) >= 11 is 0. The summed E-state index contributed by atoms with van der Waals surface area (Å²) < 4.78 is 51.4. The van der Waals surface area contributed by atoms with Gasteiger partial charge in [-0.3, -0.25) is 9.59 Å². The first kappa shape index (κ1) is 44.5. The number of amides is 2. The minimum atomic E-state index is -0.436. The molecule has 61 heavy (non-hydrogen) atoms. The highest BCUT2D eigenvalue weighted by molar-refractivity contribution is 5.96. The maximum absolute atomic E-state index is 13.8. The van der Waals surface area contributed by atoms with E-state index in [1.54, 1.807) is 48.6 Å². The molecule has 2 atom stereocenters. The van der Waals surface area contributed by atoms with E-state index in [9.17, 15) is 9.59 Å². The van der Waals surface area contributed by atoms with E-state index in [2.05, 4.69) is 10.6 Å². The first-order chi connectivity index (χ1) is 29.9. The van der Waals surface area contributed by atoms with Crippen molar-refractivity contribution in [2.24, 2.45) is 0 Å². The summed E-state index contributed by atoms with van der Waals surface area (Å²) in [6, 6.07) is 26.1. The molecule has 2 saturated heterocycles. The number of rotatable bonds is 21. The molecule has 2 fully saturated rings. The minimum Gasteiger partial charge on any atom is -0.493 e. The second kappa shape index (κ2) is 23.7. The molecule has 0 spiro atoms. The van der Waals surface area contributed by atoms with E-state index in [1.807, 2.05) is 48.5 Å². The summed E-state index contributed by atoms with van der Waals surface area (Å²) in [6.07, 6.45) is 11.7. The minimum absolute atomic E-state index is 0.0187. The Morgan fingerprint density at radius 1 is 0.656 bits per heavy atom. The van der Waals surface area contributed by atoms with Crippen LogP contribution in [0.4, 0.5) is 0 Å². The Hall–Kier alpha value is -6.02. The quantitative estimate of drug-likeness (QED) is 0.0486. The fourth-order valence-corrected chi connectivity index (χ4v) is 6.65. The summed E-state index contributed by atoms with van der Waals surface area (Å²) in [4.78, 5) is 26.5. The van der Waals surface area contributed by atoms with Crippen molar-refractivity contribution in [3.05, 3.63) is 119 Å². The van der Waals surface area contributed by atoms with Crippen LogP contribution in [0.1, 0.15) is 60.8 Å². The average molecular weight is 837 g/mol. The lowest BCUT2D eigenvalue weighted by molar-refractivity contribution is -0.119. The van der Waals surface area contributed by atoms with E-state index in [1.165, 1.54) is 27.4 Å². The number of methoxy groups -OCH3 is 3. The van der Waals surface area contributed by atoms with Gasteiger partial charge in [0, 0.05) is 39.1 Å². The van der Waals surface area contributed by atoms with E-state index in [0.717, 1.165) is 67.8 Å². The van der Waals surface area contributed by atoms with Gasteiger partial charge in [0.1, 0.15) is 11.5 Å². The van der Waals surface area contributed by atoms with Crippen LogP contribution >= 0.6 is 0 Å².